The van der Waals surface area contributed by atoms with Gasteiger partial charge in [0.1, 0.15) is 13.2 Å². The molecular weight excluding hydrogens is 288 g/mol. The van der Waals surface area contributed by atoms with E-state index in [1.54, 1.807) is 6.07 Å². The number of aliphatic imine (C=N–C) groups is 1. The molecule has 1 aliphatic heterocycles. The van der Waals surface area contributed by atoms with Gasteiger partial charge in [-0.15, -0.1) is 0 Å². The molecule has 2 rings (SSSR count). The standard InChI is InChI=1S/C11H13ClN4O2S/c12-7-3-6(5-19-11(15)16-10(13)14)4-8-9(7)18-2-1-17-8/h3-4H,1-2,5H2,(H5,13,14,15,16). The second-order valence-corrected chi connectivity index (χ2v) is 5.10. The van der Waals surface area contributed by atoms with Crippen molar-refractivity contribution in [2.75, 3.05) is 13.2 Å². The van der Waals surface area contributed by atoms with E-state index in [1.807, 2.05) is 6.07 Å². The van der Waals surface area contributed by atoms with Crippen LogP contribution in [0, 0.1) is 5.41 Å². The van der Waals surface area contributed by atoms with Crippen LogP contribution in [0.25, 0.3) is 0 Å². The Morgan fingerprint density at radius 3 is 2.84 bits per heavy atom. The van der Waals surface area contributed by atoms with E-state index in [0.717, 1.165) is 5.56 Å². The summed E-state index contributed by atoms with van der Waals surface area (Å²) in [6, 6.07) is 3.63. The third-order valence-corrected chi connectivity index (χ3v) is 3.39. The zero-order valence-corrected chi connectivity index (χ0v) is 11.6. The van der Waals surface area contributed by atoms with Gasteiger partial charge in [-0.1, -0.05) is 23.4 Å². The third kappa shape index (κ3) is 3.68. The molecule has 0 amide bonds. The highest BCUT2D eigenvalue weighted by Crippen LogP contribution is 2.39. The van der Waals surface area contributed by atoms with E-state index in [2.05, 4.69) is 4.99 Å². The van der Waals surface area contributed by atoms with Crippen LogP contribution in [0.5, 0.6) is 11.5 Å². The first-order valence-electron chi connectivity index (χ1n) is 5.45. The van der Waals surface area contributed by atoms with E-state index in [-0.39, 0.29) is 11.1 Å². The lowest BCUT2D eigenvalue weighted by Crippen LogP contribution is -2.23. The summed E-state index contributed by atoms with van der Waals surface area (Å²) in [4.78, 5) is 3.63. The van der Waals surface area contributed by atoms with Gasteiger partial charge in [0.2, 0.25) is 0 Å². The Morgan fingerprint density at radius 1 is 1.37 bits per heavy atom. The van der Waals surface area contributed by atoms with Crippen molar-refractivity contribution in [2.45, 2.75) is 5.75 Å². The molecule has 0 fully saturated rings. The lowest BCUT2D eigenvalue weighted by atomic mass is 10.2. The number of amidine groups is 1. The monoisotopic (exact) mass is 300 g/mol. The molecule has 102 valence electrons. The van der Waals surface area contributed by atoms with Gasteiger partial charge in [0.25, 0.3) is 0 Å². The zero-order chi connectivity index (χ0) is 13.8. The Hall–Kier alpha value is -1.60. The molecule has 0 spiro atoms. The quantitative estimate of drug-likeness (QED) is 0.567. The Bertz CT molecular complexity index is 532. The molecule has 19 heavy (non-hydrogen) atoms. The van der Waals surface area contributed by atoms with Crippen molar-refractivity contribution < 1.29 is 9.47 Å². The van der Waals surface area contributed by atoms with E-state index in [1.165, 1.54) is 11.8 Å². The SMILES string of the molecule is N=C(N=C(N)N)SCc1cc(Cl)c2c(c1)OCCO2. The summed E-state index contributed by atoms with van der Waals surface area (Å²) in [6.45, 7) is 1.000. The fraction of sp³-hybridized carbons (Fsp3) is 0.273. The number of guanidine groups is 1. The minimum Gasteiger partial charge on any atom is -0.486 e. The molecule has 8 heteroatoms. The van der Waals surface area contributed by atoms with Crippen molar-refractivity contribution in [1.82, 2.24) is 0 Å². The molecule has 0 unspecified atom stereocenters. The average molecular weight is 301 g/mol. The van der Waals surface area contributed by atoms with Gasteiger partial charge >= 0.3 is 0 Å². The number of thioether (sulfide) groups is 1. The lowest BCUT2D eigenvalue weighted by Gasteiger charge is -2.20. The highest BCUT2D eigenvalue weighted by Gasteiger charge is 2.16. The summed E-state index contributed by atoms with van der Waals surface area (Å²) >= 11 is 7.31. The third-order valence-electron chi connectivity index (χ3n) is 2.26. The molecule has 0 aromatic heterocycles. The maximum absolute atomic E-state index is 7.54. The second kappa shape index (κ2) is 6.03. The second-order valence-electron chi connectivity index (χ2n) is 3.73. The zero-order valence-electron chi connectivity index (χ0n) is 9.98. The highest BCUT2D eigenvalue weighted by atomic mass is 35.5. The molecule has 0 saturated heterocycles. The molecule has 0 aliphatic carbocycles. The minimum atomic E-state index is -0.127. The number of hydrogen-bond donors (Lipinski definition) is 3. The van der Waals surface area contributed by atoms with Crippen molar-refractivity contribution in [3.05, 3.63) is 22.7 Å². The van der Waals surface area contributed by atoms with Gasteiger partial charge in [0, 0.05) is 5.75 Å². The van der Waals surface area contributed by atoms with Crippen LogP contribution < -0.4 is 20.9 Å². The number of hydrogen-bond acceptors (Lipinski definition) is 4. The molecule has 6 nitrogen and oxygen atoms in total. The van der Waals surface area contributed by atoms with E-state index >= 15 is 0 Å². The van der Waals surface area contributed by atoms with Gasteiger partial charge in [0.05, 0.1) is 5.02 Å². The van der Waals surface area contributed by atoms with E-state index in [9.17, 15) is 0 Å². The van der Waals surface area contributed by atoms with Crippen LogP contribution in [0.15, 0.2) is 17.1 Å². The molecule has 1 aromatic carbocycles. The van der Waals surface area contributed by atoms with Crippen LogP contribution in [0.3, 0.4) is 0 Å². The first-order chi connectivity index (χ1) is 9.06. The fourth-order valence-electron chi connectivity index (χ4n) is 1.55. The first-order valence-corrected chi connectivity index (χ1v) is 6.81. The molecule has 0 saturated carbocycles. The van der Waals surface area contributed by atoms with Gasteiger partial charge in [-0.25, -0.2) is 0 Å². The Kier molecular flexibility index (Phi) is 4.39. The number of benzene rings is 1. The smallest absolute Gasteiger partial charge is 0.193 e. The van der Waals surface area contributed by atoms with E-state index in [4.69, 9.17) is 38.0 Å². The van der Waals surface area contributed by atoms with Crippen LogP contribution >= 0.6 is 23.4 Å². The summed E-state index contributed by atoms with van der Waals surface area (Å²) in [6.07, 6.45) is 0. The molecule has 1 aliphatic rings. The summed E-state index contributed by atoms with van der Waals surface area (Å²) in [5.74, 6) is 1.59. The van der Waals surface area contributed by atoms with Crippen LogP contribution in [-0.4, -0.2) is 24.3 Å². The minimum absolute atomic E-state index is 0.0472. The van der Waals surface area contributed by atoms with Crippen molar-refractivity contribution in [3.8, 4) is 11.5 Å². The van der Waals surface area contributed by atoms with E-state index in [0.29, 0.717) is 35.5 Å². The Labute approximate surface area is 119 Å². The maximum Gasteiger partial charge on any atom is 0.193 e. The number of rotatable bonds is 2. The van der Waals surface area contributed by atoms with Gasteiger partial charge < -0.3 is 20.9 Å². The molecule has 0 bridgehead atoms. The lowest BCUT2D eigenvalue weighted by molar-refractivity contribution is 0.171. The summed E-state index contributed by atoms with van der Waals surface area (Å²) in [5.41, 5.74) is 11.3. The average Bonchev–Trinajstić information content (AvgIpc) is 2.36. The van der Waals surface area contributed by atoms with Gasteiger partial charge in [0.15, 0.2) is 22.6 Å². The number of ether oxygens (including phenoxy) is 2. The first kappa shape index (κ1) is 13.8. The number of fused-ring (bicyclic) bond motifs is 1. The largest absolute Gasteiger partial charge is 0.486 e. The van der Waals surface area contributed by atoms with Crippen molar-refractivity contribution in [1.29, 1.82) is 5.41 Å². The summed E-state index contributed by atoms with van der Waals surface area (Å²) in [7, 11) is 0. The summed E-state index contributed by atoms with van der Waals surface area (Å²) < 4.78 is 10.9. The van der Waals surface area contributed by atoms with Crippen LogP contribution in [0.2, 0.25) is 5.02 Å². The van der Waals surface area contributed by atoms with Crippen molar-refractivity contribution >= 4 is 34.5 Å². The van der Waals surface area contributed by atoms with Crippen LogP contribution in [0.1, 0.15) is 5.56 Å². The Balaban J connectivity index is 2.07. The van der Waals surface area contributed by atoms with Crippen LogP contribution in [-0.2, 0) is 5.75 Å². The Morgan fingerprint density at radius 2 is 2.11 bits per heavy atom. The number of nitrogens with zero attached hydrogens (tertiary/aromatic N) is 1. The number of nitrogens with one attached hydrogen (secondary N) is 1. The number of halogens is 1. The highest BCUT2D eigenvalue weighted by molar-refractivity contribution is 8.13. The molecule has 5 N–H and O–H groups in total. The van der Waals surface area contributed by atoms with Gasteiger partial charge in [-0.05, 0) is 17.7 Å². The molecular formula is C11H13ClN4O2S. The van der Waals surface area contributed by atoms with E-state index < -0.39 is 0 Å². The molecule has 1 heterocycles. The van der Waals surface area contributed by atoms with Crippen molar-refractivity contribution in [3.63, 3.8) is 0 Å². The topological polar surface area (TPSA) is 107 Å². The van der Waals surface area contributed by atoms with Crippen molar-refractivity contribution in [2.24, 2.45) is 16.5 Å². The van der Waals surface area contributed by atoms with Gasteiger partial charge in [-0.2, -0.15) is 4.99 Å². The van der Waals surface area contributed by atoms with Crippen LogP contribution in [0.4, 0.5) is 0 Å². The normalized spacial score (nSPS) is 12.9. The van der Waals surface area contributed by atoms with Gasteiger partial charge in [-0.3, -0.25) is 5.41 Å². The fourth-order valence-corrected chi connectivity index (χ4v) is 2.48. The maximum atomic E-state index is 7.54. The summed E-state index contributed by atoms with van der Waals surface area (Å²) in [5, 5.41) is 8.09. The molecule has 1 aromatic rings. The predicted octanol–water partition coefficient (Wildman–Crippen LogP) is 1.55. The predicted molar refractivity (Wildman–Crippen MR) is 77.3 cm³/mol. The molecule has 0 radical (unpaired) electrons. The molecule has 0 atom stereocenters. The number of nitrogens with two attached hydrogens (primary N) is 2.